The average Bonchev–Trinajstić information content (AvgIpc) is 2.93. The van der Waals surface area contributed by atoms with E-state index in [-0.39, 0.29) is 19.8 Å². The lowest BCUT2D eigenvalue weighted by Gasteiger charge is -2.03. The lowest BCUT2D eigenvalue weighted by atomic mass is 10.6. The van der Waals surface area contributed by atoms with Crippen molar-refractivity contribution in [3.05, 3.63) is 0 Å². The van der Waals surface area contributed by atoms with Gasteiger partial charge in [0.1, 0.15) is 0 Å². The van der Waals surface area contributed by atoms with Gasteiger partial charge in [-0.3, -0.25) is 0 Å². The van der Waals surface area contributed by atoms with E-state index in [1.165, 1.54) is 0 Å². The van der Waals surface area contributed by atoms with Crippen molar-refractivity contribution in [3.63, 3.8) is 0 Å². The molecule has 0 aliphatic heterocycles. The fraction of sp³-hybridized carbons (Fsp3) is 1.00. The normalized spacial score (nSPS) is 10.2. The molecule has 0 saturated carbocycles. The van der Waals surface area contributed by atoms with Crippen molar-refractivity contribution in [3.8, 4) is 0 Å². The molecule has 0 fully saturated rings. The van der Waals surface area contributed by atoms with Gasteiger partial charge in [0.25, 0.3) is 0 Å². The van der Waals surface area contributed by atoms with Crippen molar-refractivity contribution in [2.24, 2.45) is 0 Å². The first-order valence-electron chi connectivity index (χ1n) is 12.8. The third kappa shape index (κ3) is 65.1. The van der Waals surface area contributed by atoms with E-state index in [1.54, 1.807) is 29.4 Å². The van der Waals surface area contributed by atoms with Crippen LogP contribution in [0.5, 0.6) is 0 Å². The average molecular weight is 581 g/mol. The van der Waals surface area contributed by atoms with Crippen LogP contribution in [0.2, 0.25) is 13.1 Å². The minimum absolute atomic E-state index is 0.0675. The lowest BCUT2D eigenvalue weighted by molar-refractivity contribution is 0.0159. The second kappa shape index (κ2) is 49.7. The second-order valence-corrected chi connectivity index (χ2v) is 9.68. The third-order valence-electron chi connectivity index (χ3n) is 3.59. The number of aliphatic hydroxyl groups excluding tert-OH is 3. The van der Waals surface area contributed by atoms with Gasteiger partial charge >= 0.3 is 0 Å². The molecule has 0 aromatic rings. The molecule has 0 aliphatic carbocycles. The highest BCUT2D eigenvalue weighted by molar-refractivity contribution is 6.52. The quantitative estimate of drug-likeness (QED) is 0.0850. The molecule has 0 rings (SSSR count). The molecule has 0 bridgehead atoms. The van der Waals surface area contributed by atoms with Crippen LogP contribution >= 0.6 is 0 Å². The largest absolute Gasteiger partial charge is 0.485 e. The fourth-order valence-corrected chi connectivity index (χ4v) is 1.59. The van der Waals surface area contributed by atoms with Gasteiger partial charge in [-0.05, 0) is 13.1 Å². The third-order valence-corrected chi connectivity index (χ3v) is 4.53. The highest BCUT2D eigenvalue weighted by Crippen LogP contribution is 1.80. The Morgan fingerprint density at radius 2 is 0.605 bits per heavy atom. The van der Waals surface area contributed by atoms with Crippen LogP contribution in [-0.4, -0.2) is 173 Å². The summed E-state index contributed by atoms with van der Waals surface area (Å²) in [5.41, 5.74) is 0. The van der Waals surface area contributed by atoms with E-state index in [0.717, 1.165) is 0 Å². The molecule has 0 saturated heterocycles. The summed E-state index contributed by atoms with van der Waals surface area (Å²) in [5, 5.41) is 25.0. The molecule has 0 spiro atoms. The van der Waals surface area contributed by atoms with Crippen LogP contribution in [0, 0.1) is 0 Å². The molecule has 0 unspecified atom stereocenters. The van der Waals surface area contributed by atoms with Crippen LogP contribution in [0.4, 0.5) is 0 Å². The first kappa shape index (κ1) is 44.8. The number of hydrogen-bond acceptors (Lipinski definition) is 13. The minimum atomic E-state index is -0.650. The highest BCUT2D eigenvalue weighted by Gasteiger charge is 1.89. The summed E-state index contributed by atoms with van der Waals surface area (Å²) in [4.78, 5) is 0. The van der Waals surface area contributed by atoms with Crippen molar-refractivity contribution in [1.29, 1.82) is 0 Å². The number of hydrogen-bond donors (Lipinski definition) is 3. The number of aliphatic hydroxyl groups is 3. The summed E-state index contributed by atoms with van der Waals surface area (Å²) in [6, 6.07) is 0. The molecule has 0 aliphatic rings. The van der Waals surface area contributed by atoms with Gasteiger partial charge in [0.05, 0.1) is 119 Å². The molecule has 13 nitrogen and oxygen atoms in total. The molecular formula is C23H57BO13Si. The first-order chi connectivity index (χ1) is 18.5. The summed E-state index contributed by atoms with van der Waals surface area (Å²) in [7, 11) is 6.00. The molecule has 38 heavy (non-hydrogen) atoms. The Bertz CT molecular complexity index is 286. The molecule has 0 atom stereocenters. The zero-order chi connectivity index (χ0) is 29.4. The molecule has 0 radical (unpaired) electrons. The van der Waals surface area contributed by atoms with Gasteiger partial charge in [-0.25, -0.2) is 0 Å². The lowest BCUT2D eigenvalue weighted by Crippen LogP contribution is -2.09. The van der Waals surface area contributed by atoms with Gasteiger partial charge in [0.2, 0.25) is 8.05 Å². The van der Waals surface area contributed by atoms with Crippen molar-refractivity contribution in [2.45, 2.75) is 13.1 Å². The maximum atomic E-state index is 8.32. The fourth-order valence-electron chi connectivity index (χ4n) is 1.59. The molecule has 0 amide bonds. The molecule has 0 aromatic heterocycles. The number of rotatable bonds is 25. The second-order valence-electron chi connectivity index (χ2n) is 7.11. The van der Waals surface area contributed by atoms with Gasteiger partial charge in [-0.2, -0.15) is 0 Å². The predicted molar refractivity (Wildman–Crippen MR) is 150 cm³/mol. The summed E-state index contributed by atoms with van der Waals surface area (Å²) in [5.74, 6) is 0. The van der Waals surface area contributed by atoms with Gasteiger partial charge in [0.15, 0.2) is 9.04 Å². The summed E-state index contributed by atoms with van der Waals surface area (Å²) in [6.45, 7) is 12.5. The standard InChI is InChI=1S/3C7H16O4.C2H9BOSi/c3*1-9-4-5-11-7-6-10-3-2-8;1-5(2)4-3/h3*8H,2-7H2,1H3;5H,3H2,1-2H3. The van der Waals surface area contributed by atoms with Crippen molar-refractivity contribution in [1.82, 2.24) is 0 Å². The predicted octanol–water partition coefficient (Wildman–Crippen LogP) is -1.49. The molecule has 234 valence electrons. The maximum absolute atomic E-state index is 8.32. The summed E-state index contributed by atoms with van der Waals surface area (Å²) < 4.78 is 49.3. The Labute approximate surface area is 233 Å². The molecule has 3 N–H and O–H groups in total. The van der Waals surface area contributed by atoms with Crippen LogP contribution in [-0.2, 0) is 47.0 Å². The van der Waals surface area contributed by atoms with E-state index in [2.05, 4.69) is 13.1 Å². The minimum Gasteiger partial charge on any atom is -0.485 e. The Balaban J connectivity index is -0.000000209. The topological polar surface area (TPSA) is 153 Å². The Kier molecular flexibility index (Phi) is 58.5. The zero-order valence-electron chi connectivity index (χ0n) is 24.7. The molecular weight excluding hydrogens is 523 g/mol. The Morgan fingerprint density at radius 1 is 0.421 bits per heavy atom. The Morgan fingerprint density at radius 3 is 0.763 bits per heavy atom. The SMILES string of the molecule is BO[SiH](C)C.COCCOCCOCCO.COCCOCCOCCO.COCCOCCOCCO. The summed E-state index contributed by atoms with van der Waals surface area (Å²) in [6.07, 6.45) is 0. The Hall–Kier alpha value is -0.238. The summed E-state index contributed by atoms with van der Waals surface area (Å²) >= 11 is 0. The van der Waals surface area contributed by atoms with Crippen molar-refractivity contribution >= 4 is 17.1 Å². The molecule has 15 heteroatoms. The molecule has 0 aromatic carbocycles. The van der Waals surface area contributed by atoms with Crippen LogP contribution in [0.25, 0.3) is 0 Å². The van der Waals surface area contributed by atoms with E-state index in [9.17, 15) is 0 Å². The van der Waals surface area contributed by atoms with Gasteiger partial charge in [-0.15, -0.1) is 0 Å². The van der Waals surface area contributed by atoms with E-state index in [1.807, 2.05) is 0 Å². The van der Waals surface area contributed by atoms with Crippen LogP contribution < -0.4 is 0 Å². The van der Waals surface area contributed by atoms with Gasteiger partial charge < -0.3 is 62.3 Å². The van der Waals surface area contributed by atoms with Crippen LogP contribution in [0.15, 0.2) is 0 Å². The van der Waals surface area contributed by atoms with Crippen LogP contribution in [0.3, 0.4) is 0 Å². The van der Waals surface area contributed by atoms with Gasteiger partial charge in [0, 0.05) is 21.3 Å². The van der Waals surface area contributed by atoms with Crippen molar-refractivity contribution < 1.29 is 62.3 Å². The zero-order valence-corrected chi connectivity index (χ0v) is 25.9. The van der Waals surface area contributed by atoms with Gasteiger partial charge in [-0.1, -0.05) is 0 Å². The highest BCUT2D eigenvalue weighted by atomic mass is 28.3. The van der Waals surface area contributed by atoms with Crippen molar-refractivity contribution in [2.75, 3.05) is 140 Å². The number of methoxy groups -OCH3 is 3. The van der Waals surface area contributed by atoms with Crippen LogP contribution in [0.1, 0.15) is 0 Å². The van der Waals surface area contributed by atoms with E-state index >= 15 is 0 Å². The van der Waals surface area contributed by atoms with E-state index < -0.39 is 9.04 Å². The molecule has 0 heterocycles. The monoisotopic (exact) mass is 580 g/mol. The maximum Gasteiger partial charge on any atom is 0.242 e. The van der Waals surface area contributed by atoms with E-state index in [4.69, 9.17) is 62.3 Å². The van der Waals surface area contributed by atoms with E-state index in [0.29, 0.717) is 99.1 Å². The number of ether oxygens (including phenoxy) is 9. The smallest absolute Gasteiger partial charge is 0.242 e. The first-order valence-corrected chi connectivity index (χ1v) is 15.6.